The first-order chi connectivity index (χ1) is 14.5. The molecule has 0 aromatic heterocycles. The van der Waals surface area contributed by atoms with Crippen LogP contribution in [0.4, 0.5) is 11.4 Å². The molecule has 3 aromatic rings. The first-order valence-electron chi connectivity index (χ1n) is 8.89. The fraction of sp³-hybridized carbons (Fsp3) is 0. The average molecular weight is 399 g/mol. The van der Waals surface area contributed by atoms with E-state index in [0.29, 0.717) is 22.9 Å². The number of carboxylic acids is 1. The molecule has 0 radical (unpaired) electrons. The van der Waals surface area contributed by atoms with Crippen molar-refractivity contribution < 1.29 is 19.4 Å². The van der Waals surface area contributed by atoms with Gasteiger partial charge in [-0.2, -0.15) is 5.26 Å². The van der Waals surface area contributed by atoms with E-state index in [4.69, 9.17) is 9.84 Å². The van der Waals surface area contributed by atoms with Crippen molar-refractivity contribution in [3.05, 3.63) is 96.2 Å². The first kappa shape index (κ1) is 20.2. The Labute approximate surface area is 172 Å². The number of nitrogens with zero attached hydrogens (tertiary/aromatic N) is 1. The van der Waals surface area contributed by atoms with Crippen molar-refractivity contribution in [1.29, 1.82) is 5.26 Å². The number of ether oxygens (including phenoxy) is 1. The highest BCUT2D eigenvalue weighted by Crippen LogP contribution is 2.22. The Hall–Kier alpha value is -4.57. The maximum absolute atomic E-state index is 12.3. The molecule has 0 spiro atoms. The molecular weight excluding hydrogens is 382 g/mol. The second-order valence-electron chi connectivity index (χ2n) is 6.09. The molecule has 0 saturated carbocycles. The largest absolute Gasteiger partial charge is 0.478 e. The molecule has 0 fully saturated rings. The van der Waals surface area contributed by atoms with Gasteiger partial charge in [0.2, 0.25) is 0 Å². The van der Waals surface area contributed by atoms with Gasteiger partial charge in [-0.1, -0.05) is 18.2 Å². The number of hydrogen-bond acceptors (Lipinski definition) is 5. The van der Waals surface area contributed by atoms with Crippen LogP contribution < -0.4 is 15.4 Å². The van der Waals surface area contributed by atoms with E-state index >= 15 is 0 Å². The molecule has 7 heteroatoms. The minimum atomic E-state index is -1.03. The normalized spacial score (nSPS) is 10.6. The molecule has 3 aromatic carbocycles. The van der Waals surface area contributed by atoms with E-state index in [0.717, 1.165) is 0 Å². The maximum Gasteiger partial charge on any atom is 0.335 e. The monoisotopic (exact) mass is 399 g/mol. The Kier molecular flexibility index (Phi) is 6.44. The lowest BCUT2D eigenvalue weighted by Crippen LogP contribution is -2.14. The topological polar surface area (TPSA) is 111 Å². The third-order valence-electron chi connectivity index (χ3n) is 3.97. The van der Waals surface area contributed by atoms with Gasteiger partial charge in [-0.3, -0.25) is 4.79 Å². The minimum absolute atomic E-state index is 0.137. The van der Waals surface area contributed by atoms with Crippen LogP contribution in [-0.4, -0.2) is 17.0 Å². The second kappa shape index (κ2) is 9.57. The first-order valence-corrected chi connectivity index (χ1v) is 8.89. The summed E-state index contributed by atoms with van der Waals surface area (Å²) in [5, 5.41) is 23.6. The maximum atomic E-state index is 12.3. The molecule has 0 atom stereocenters. The van der Waals surface area contributed by atoms with Crippen molar-refractivity contribution in [2.45, 2.75) is 0 Å². The Bertz CT molecular complexity index is 1100. The number of carbonyl (C=O) groups is 2. The summed E-state index contributed by atoms with van der Waals surface area (Å²) >= 11 is 0. The Morgan fingerprint density at radius 2 is 1.47 bits per heavy atom. The standard InChI is InChI=1S/C23H17N3O4/c24-14-17(15-25-18-8-6-16(7-9-18)23(28)29)22(27)26-19-10-12-21(13-11-19)30-20-4-2-1-3-5-20/h1-13,15,25H,(H,26,27)(H,28,29)/b17-15-. The summed E-state index contributed by atoms with van der Waals surface area (Å²) in [7, 11) is 0. The molecule has 3 rings (SSSR count). The van der Waals surface area contributed by atoms with Gasteiger partial charge >= 0.3 is 5.97 Å². The zero-order valence-electron chi connectivity index (χ0n) is 15.7. The third-order valence-corrected chi connectivity index (χ3v) is 3.97. The molecule has 3 N–H and O–H groups in total. The Morgan fingerprint density at radius 1 is 0.867 bits per heavy atom. The highest BCUT2D eigenvalue weighted by molar-refractivity contribution is 6.06. The highest BCUT2D eigenvalue weighted by atomic mass is 16.5. The number of hydrogen-bond donors (Lipinski definition) is 3. The molecule has 0 saturated heterocycles. The summed E-state index contributed by atoms with van der Waals surface area (Å²) in [4.78, 5) is 23.2. The molecule has 1 amide bonds. The van der Waals surface area contributed by atoms with Crippen LogP contribution >= 0.6 is 0 Å². The quantitative estimate of drug-likeness (QED) is 0.394. The lowest BCUT2D eigenvalue weighted by atomic mass is 10.2. The van der Waals surface area contributed by atoms with E-state index in [9.17, 15) is 14.9 Å². The van der Waals surface area contributed by atoms with Crippen molar-refractivity contribution >= 4 is 23.3 Å². The van der Waals surface area contributed by atoms with Crippen molar-refractivity contribution in [1.82, 2.24) is 0 Å². The third kappa shape index (κ3) is 5.47. The molecule has 148 valence electrons. The zero-order valence-corrected chi connectivity index (χ0v) is 15.7. The van der Waals surface area contributed by atoms with E-state index in [1.807, 2.05) is 36.4 Å². The van der Waals surface area contributed by atoms with Crippen LogP contribution in [0.5, 0.6) is 11.5 Å². The number of para-hydroxylation sites is 1. The van der Waals surface area contributed by atoms with Crippen LogP contribution in [0.25, 0.3) is 0 Å². The molecule has 0 aliphatic carbocycles. The second-order valence-corrected chi connectivity index (χ2v) is 6.09. The number of carbonyl (C=O) groups excluding carboxylic acids is 1. The van der Waals surface area contributed by atoms with Crippen LogP contribution in [0.2, 0.25) is 0 Å². The number of rotatable bonds is 7. The fourth-order valence-corrected chi connectivity index (χ4v) is 2.44. The summed E-state index contributed by atoms with van der Waals surface area (Å²) in [6.07, 6.45) is 1.26. The van der Waals surface area contributed by atoms with E-state index in [1.54, 1.807) is 24.3 Å². The number of aromatic carboxylic acids is 1. The SMILES string of the molecule is N#C/C(=C/Nc1ccc(C(=O)O)cc1)C(=O)Nc1ccc(Oc2ccccc2)cc1. The number of amides is 1. The number of carboxylic acid groups (broad SMARTS) is 1. The van der Waals surface area contributed by atoms with Crippen LogP contribution in [-0.2, 0) is 4.79 Å². The molecule has 0 aliphatic rings. The Morgan fingerprint density at radius 3 is 2.07 bits per heavy atom. The number of anilines is 2. The van der Waals surface area contributed by atoms with Crippen LogP contribution in [0.3, 0.4) is 0 Å². The van der Waals surface area contributed by atoms with Crippen LogP contribution in [0.1, 0.15) is 10.4 Å². The molecule has 7 nitrogen and oxygen atoms in total. The van der Waals surface area contributed by atoms with E-state index in [1.165, 1.54) is 30.5 Å². The van der Waals surface area contributed by atoms with Crippen LogP contribution in [0.15, 0.2) is 90.6 Å². The molecule has 0 unspecified atom stereocenters. The number of benzene rings is 3. The summed E-state index contributed by atoms with van der Waals surface area (Å²) in [5.41, 5.74) is 1.06. The van der Waals surface area contributed by atoms with Crippen molar-refractivity contribution in [3.63, 3.8) is 0 Å². The van der Waals surface area contributed by atoms with Gasteiger partial charge in [0.05, 0.1) is 5.56 Å². The molecule has 0 aliphatic heterocycles. The minimum Gasteiger partial charge on any atom is -0.478 e. The van der Waals surface area contributed by atoms with Gasteiger partial charge in [-0.05, 0) is 60.7 Å². The smallest absolute Gasteiger partial charge is 0.335 e. The van der Waals surface area contributed by atoms with Crippen molar-refractivity contribution in [2.75, 3.05) is 10.6 Å². The summed E-state index contributed by atoms with van der Waals surface area (Å²) in [6, 6.07) is 23.8. The van der Waals surface area contributed by atoms with Gasteiger partial charge in [-0.25, -0.2) is 4.79 Å². The predicted octanol–water partition coefficient (Wildman–Crippen LogP) is 4.64. The summed E-state index contributed by atoms with van der Waals surface area (Å²) < 4.78 is 5.69. The van der Waals surface area contributed by atoms with E-state index in [2.05, 4.69) is 10.6 Å². The van der Waals surface area contributed by atoms with Crippen LogP contribution in [0, 0.1) is 11.3 Å². The molecule has 0 bridgehead atoms. The Balaban J connectivity index is 1.61. The van der Waals surface area contributed by atoms with E-state index in [-0.39, 0.29) is 11.1 Å². The van der Waals surface area contributed by atoms with Gasteiger partial charge in [0.1, 0.15) is 23.1 Å². The molecule has 30 heavy (non-hydrogen) atoms. The van der Waals surface area contributed by atoms with Crippen molar-refractivity contribution in [2.24, 2.45) is 0 Å². The lowest BCUT2D eigenvalue weighted by molar-refractivity contribution is -0.112. The van der Waals surface area contributed by atoms with E-state index < -0.39 is 11.9 Å². The van der Waals surface area contributed by atoms with Crippen molar-refractivity contribution in [3.8, 4) is 17.6 Å². The zero-order chi connectivity index (χ0) is 21.3. The predicted molar refractivity (Wildman–Crippen MR) is 112 cm³/mol. The van der Waals surface area contributed by atoms with Gasteiger partial charge in [0, 0.05) is 17.6 Å². The van der Waals surface area contributed by atoms with Gasteiger partial charge in [0.25, 0.3) is 5.91 Å². The number of nitrogens with one attached hydrogen (secondary N) is 2. The molecular formula is C23H17N3O4. The molecule has 0 heterocycles. The average Bonchev–Trinajstić information content (AvgIpc) is 2.76. The van der Waals surface area contributed by atoms with Gasteiger partial charge in [0.15, 0.2) is 0 Å². The lowest BCUT2D eigenvalue weighted by Gasteiger charge is -2.08. The number of nitriles is 1. The highest BCUT2D eigenvalue weighted by Gasteiger charge is 2.10. The summed E-state index contributed by atoms with van der Waals surface area (Å²) in [5.74, 6) is -0.300. The van der Waals surface area contributed by atoms with Gasteiger partial charge in [-0.15, -0.1) is 0 Å². The fourth-order valence-electron chi connectivity index (χ4n) is 2.44. The van der Waals surface area contributed by atoms with Gasteiger partial charge < -0.3 is 20.5 Å². The summed E-state index contributed by atoms with van der Waals surface area (Å²) in [6.45, 7) is 0.